The second-order valence-corrected chi connectivity index (χ2v) is 9.85. The lowest BCUT2D eigenvalue weighted by atomic mass is 9.85. The number of furan rings is 1. The fraction of sp³-hybridized carbons (Fsp3) is 0.231. The molecule has 8 heteroatoms. The van der Waals surface area contributed by atoms with Gasteiger partial charge in [-0.05, 0) is 41.8 Å². The van der Waals surface area contributed by atoms with E-state index >= 15 is 0 Å². The van der Waals surface area contributed by atoms with Gasteiger partial charge in [-0.2, -0.15) is 0 Å². The number of primary sulfonamides is 1. The lowest BCUT2D eigenvalue weighted by Gasteiger charge is -2.27. The molecular weight excluding hydrogens is 454 g/mol. The Morgan fingerprint density at radius 1 is 1.00 bits per heavy atom. The SMILES string of the molecule is NS(=O)(=O)c1ccc2c(c1)OCCC([C@H](c1cc3ccccc3o1)c1ccccc1CCO)O2. The quantitative estimate of drug-likeness (QED) is 0.433. The Morgan fingerprint density at radius 2 is 1.79 bits per heavy atom. The molecule has 176 valence electrons. The van der Waals surface area contributed by atoms with Crippen LogP contribution in [0.1, 0.15) is 29.2 Å². The topological polar surface area (TPSA) is 112 Å². The number of benzene rings is 3. The molecule has 0 amide bonds. The minimum absolute atomic E-state index is 0.0255. The molecule has 2 heterocycles. The molecule has 0 bridgehead atoms. The molecule has 2 atom stereocenters. The Labute approximate surface area is 197 Å². The van der Waals surface area contributed by atoms with E-state index in [9.17, 15) is 13.5 Å². The van der Waals surface area contributed by atoms with Crippen LogP contribution in [0.25, 0.3) is 11.0 Å². The largest absolute Gasteiger partial charge is 0.490 e. The summed E-state index contributed by atoms with van der Waals surface area (Å²) in [5, 5.41) is 15.9. The summed E-state index contributed by atoms with van der Waals surface area (Å²) in [5.74, 6) is 1.25. The number of para-hydroxylation sites is 1. The van der Waals surface area contributed by atoms with Gasteiger partial charge in [0.1, 0.15) is 17.4 Å². The Balaban J connectivity index is 1.60. The van der Waals surface area contributed by atoms with Crippen LogP contribution in [0.15, 0.2) is 82.1 Å². The number of nitrogens with two attached hydrogens (primary N) is 1. The van der Waals surface area contributed by atoms with Gasteiger partial charge in [-0.3, -0.25) is 0 Å². The predicted octanol–water partition coefficient (Wildman–Crippen LogP) is 3.98. The zero-order valence-corrected chi connectivity index (χ0v) is 19.2. The Morgan fingerprint density at radius 3 is 2.59 bits per heavy atom. The number of rotatable bonds is 6. The molecule has 34 heavy (non-hydrogen) atoms. The van der Waals surface area contributed by atoms with Crippen molar-refractivity contribution in [1.29, 1.82) is 0 Å². The zero-order valence-electron chi connectivity index (χ0n) is 18.4. The van der Waals surface area contributed by atoms with Crippen LogP contribution in [0.2, 0.25) is 0 Å². The van der Waals surface area contributed by atoms with Crippen molar-refractivity contribution in [3.63, 3.8) is 0 Å². The summed E-state index contributed by atoms with van der Waals surface area (Å²) in [4.78, 5) is -0.0320. The molecule has 0 spiro atoms. The van der Waals surface area contributed by atoms with E-state index in [-0.39, 0.29) is 23.5 Å². The molecule has 1 aromatic heterocycles. The molecule has 1 aliphatic rings. The third kappa shape index (κ3) is 4.40. The summed E-state index contributed by atoms with van der Waals surface area (Å²) >= 11 is 0. The highest BCUT2D eigenvalue weighted by molar-refractivity contribution is 7.89. The summed E-state index contributed by atoms with van der Waals surface area (Å²) in [6, 6.07) is 22.2. The fourth-order valence-electron chi connectivity index (χ4n) is 4.50. The highest BCUT2D eigenvalue weighted by Gasteiger charge is 2.34. The Bertz CT molecular complexity index is 1400. The number of hydrogen-bond acceptors (Lipinski definition) is 6. The van der Waals surface area contributed by atoms with Crippen molar-refractivity contribution in [3.8, 4) is 11.5 Å². The van der Waals surface area contributed by atoms with Gasteiger partial charge in [0.25, 0.3) is 0 Å². The van der Waals surface area contributed by atoms with Gasteiger partial charge in [-0.25, -0.2) is 13.6 Å². The first-order valence-electron chi connectivity index (χ1n) is 11.1. The lowest BCUT2D eigenvalue weighted by molar-refractivity contribution is 0.164. The molecular formula is C26H25NO6S. The highest BCUT2D eigenvalue weighted by Crippen LogP contribution is 2.41. The molecule has 1 unspecified atom stereocenters. The third-order valence-electron chi connectivity index (χ3n) is 6.08. The summed E-state index contributed by atoms with van der Waals surface area (Å²) in [5.41, 5.74) is 2.80. The van der Waals surface area contributed by atoms with E-state index in [0.29, 0.717) is 30.9 Å². The maximum absolute atomic E-state index is 11.8. The first-order valence-corrected chi connectivity index (χ1v) is 12.6. The number of fused-ring (bicyclic) bond motifs is 2. The maximum Gasteiger partial charge on any atom is 0.238 e. The summed E-state index contributed by atoms with van der Waals surface area (Å²) < 4.78 is 42.1. The lowest BCUT2D eigenvalue weighted by Crippen LogP contribution is -2.27. The van der Waals surface area contributed by atoms with Gasteiger partial charge in [-0.15, -0.1) is 0 Å². The number of aliphatic hydroxyl groups is 1. The molecule has 3 aromatic carbocycles. The summed E-state index contributed by atoms with van der Waals surface area (Å²) in [7, 11) is -3.87. The number of ether oxygens (including phenoxy) is 2. The molecule has 5 rings (SSSR count). The van der Waals surface area contributed by atoms with Crippen LogP contribution in [-0.4, -0.2) is 32.8 Å². The molecule has 0 saturated heterocycles. The van der Waals surface area contributed by atoms with Gasteiger partial charge in [-0.1, -0.05) is 42.5 Å². The van der Waals surface area contributed by atoms with Crippen LogP contribution in [0, 0.1) is 0 Å². The van der Waals surface area contributed by atoms with Crippen molar-refractivity contribution in [2.24, 2.45) is 5.14 Å². The van der Waals surface area contributed by atoms with E-state index < -0.39 is 10.0 Å². The van der Waals surface area contributed by atoms with Gasteiger partial charge in [0, 0.05) is 24.5 Å². The van der Waals surface area contributed by atoms with Crippen molar-refractivity contribution in [1.82, 2.24) is 0 Å². The minimum Gasteiger partial charge on any atom is -0.490 e. The predicted molar refractivity (Wildman–Crippen MR) is 128 cm³/mol. The average Bonchev–Trinajstić information content (AvgIpc) is 3.12. The monoisotopic (exact) mass is 479 g/mol. The van der Waals surface area contributed by atoms with Crippen LogP contribution in [0.3, 0.4) is 0 Å². The van der Waals surface area contributed by atoms with Gasteiger partial charge < -0.3 is 19.0 Å². The first-order chi connectivity index (χ1) is 16.4. The van der Waals surface area contributed by atoms with E-state index in [1.165, 1.54) is 12.1 Å². The van der Waals surface area contributed by atoms with Crippen molar-refractivity contribution >= 4 is 21.0 Å². The highest BCUT2D eigenvalue weighted by atomic mass is 32.2. The van der Waals surface area contributed by atoms with Gasteiger partial charge in [0.05, 0.1) is 17.4 Å². The van der Waals surface area contributed by atoms with E-state index in [1.54, 1.807) is 6.07 Å². The molecule has 0 fully saturated rings. The summed E-state index contributed by atoms with van der Waals surface area (Å²) in [6.45, 7) is 0.350. The van der Waals surface area contributed by atoms with Gasteiger partial charge in [0.2, 0.25) is 10.0 Å². The van der Waals surface area contributed by atoms with Gasteiger partial charge in [0.15, 0.2) is 11.5 Å². The number of sulfonamides is 1. The van der Waals surface area contributed by atoms with Crippen LogP contribution in [0.4, 0.5) is 0 Å². The molecule has 0 saturated carbocycles. The number of hydrogen-bond donors (Lipinski definition) is 2. The standard InChI is InChI=1S/C26H25NO6S/c27-34(29,30)19-9-10-22-24(16-19)31-14-12-23(33-22)26(20-7-3-1-5-17(20)11-13-28)25-15-18-6-2-4-8-21(18)32-25/h1-10,15-16,23,26,28H,11-14H2,(H2,27,29,30)/t23?,26-/m1/s1. The van der Waals surface area contributed by atoms with E-state index in [4.69, 9.17) is 19.0 Å². The van der Waals surface area contributed by atoms with Crippen LogP contribution < -0.4 is 14.6 Å². The molecule has 4 aromatic rings. The molecule has 1 aliphatic heterocycles. The van der Waals surface area contributed by atoms with E-state index in [1.807, 2.05) is 54.6 Å². The smallest absolute Gasteiger partial charge is 0.238 e. The van der Waals surface area contributed by atoms with Crippen molar-refractivity contribution in [2.75, 3.05) is 13.2 Å². The van der Waals surface area contributed by atoms with Crippen LogP contribution in [-0.2, 0) is 16.4 Å². The second-order valence-electron chi connectivity index (χ2n) is 8.28. The average molecular weight is 480 g/mol. The van der Waals surface area contributed by atoms with Crippen LogP contribution in [0.5, 0.6) is 11.5 Å². The van der Waals surface area contributed by atoms with E-state index in [0.717, 1.165) is 27.9 Å². The molecule has 7 nitrogen and oxygen atoms in total. The summed E-state index contributed by atoms with van der Waals surface area (Å²) in [6.07, 6.45) is 0.681. The van der Waals surface area contributed by atoms with E-state index in [2.05, 4.69) is 0 Å². The normalized spacial score (nSPS) is 16.8. The molecule has 0 aliphatic carbocycles. The van der Waals surface area contributed by atoms with Crippen LogP contribution >= 0.6 is 0 Å². The van der Waals surface area contributed by atoms with Crippen molar-refractivity contribution < 1.29 is 27.4 Å². The molecule has 0 radical (unpaired) electrons. The van der Waals surface area contributed by atoms with Crippen molar-refractivity contribution in [3.05, 3.63) is 89.7 Å². The van der Waals surface area contributed by atoms with Crippen molar-refractivity contribution in [2.45, 2.75) is 29.8 Å². The zero-order chi connectivity index (χ0) is 23.7. The molecule has 3 N–H and O–H groups in total. The first kappa shape index (κ1) is 22.5. The number of aliphatic hydroxyl groups excluding tert-OH is 1. The minimum atomic E-state index is -3.87. The van der Waals surface area contributed by atoms with Gasteiger partial charge >= 0.3 is 0 Å². The Kier molecular flexibility index (Phi) is 6.03. The third-order valence-corrected chi connectivity index (χ3v) is 6.99. The Hall–Kier alpha value is -3.33. The fourth-order valence-corrected chi connectivity index (χ4v) is 5.02. The second kappa shape index (κ2) is 9.13. The maximum atomic E-state index is 11.8.